The monoisotopic (exact) mass is 380 g/mol. The summed E-state index contributed by atoms with van der Waals surface area (Å²) in [5.41, 5.74) is -1.24. The topological polar surface area (TPSA) is 108 Å². The lowest BCUT2D eigenvalue weighted by molar-refractivity contribution is -0.170. The molecule has 1 fully saturated rings. The molecule has 0 aliphatic heterocycles. The van der Waals surface area contributed by atoms with Crippen LogP contribution < -0.4 is 9.47 Å². The van der Waals surface area contributed by atoms with Gasteiger partial charge in [0, 0.05) is 12.3 Å². The predicted octanol–water partition coefficient (Wildman–Crippen LogP) is 1.09. The lowest BCUT2D eigenvalue weighted by atomic mass is 9.61. The molecule has 0 bridgehead atoms. The van der Waals surface area contributed by atoms with Crippen LogP contribution in [-0.2, 0) is 23.9 Å². The molecule has 1 aliphatic rings. The van der Waals surface area contributed by atoms with Crippen LogP contribution in [0, 0.1) is 11.8 Å². The highest BCUT2D eigenvalue weighted by molar-refractivity contribution is 6.02. The number of Topliss-reactive ketones (excluding diaryl/α,β-unsaturated/α-hetero) is 1. The van der Waals surface area contributed by atoms with E-state index < -0.39 is 41.1 Å². The lowest BCUT2D eigenvalue weighted by Gasteiger charge is -2.43. The third-order valence-corrected chi connectivity index (χ3v) is 4.97. The maximum atomic E-state index is 12.7. The van der Waals surface area contributed by atoms with E-state index in [4.69, 9.17) is 18.9 Å². The summed E-state index contributed by atoms with van der Waals surface area (Å²) in [6.45, 7) is 1.38. The normalized spacial score (nSPS) is 27.6. The number of carbonyl (C=O) groups excluding carboxylic acids is 3. The van der Waals surface area contributed by atoms with Crippen molar-refractivity contribution in [2.24, 2.45) is 11.8 Å². The molecule has 0 unspecified atom stereocenters. The van der Waals surface area contributed by atoms with Crippen molar-refractivity contribution in [1.82, 2.24) is 0 Å². The molecule has 27 heavy (non-hydrogen) atoms. The zero-order chi connectivity index (χ0) is 20.4. The Morgan fingerprint density at radius 1 is 1.04 bits per heavy atom. The molecule has 0 radical (unpaired) electrons. The number of carbonyl (C=O) groups is 3. The van der Waals surface area contributed by atoms with Crippen molar-refractivity contribution in [1.29, 1.82) is 0 Å². The third kappa shape index (κ3) is 3.75. The van der Waals surface area contributed by atoms with Crippen LogP contribution in [0.15, 0.2) is 18.2 Å². The van der Waals surface area contributed by atoms with E-state index in [2.05, 4.69) is 0 Å². The van der Waals surface area contributed by atoms with Gasteiger partial charge in [-0.05, 0) is 24.6 Å². The molecule has 1 aromatic rings. The minimum atomic E-state index is -1.69. The van der Waals surface area contributed by atoms with E-state index in [1.165, 1.54) is 35.4 Å². The summed E-state index contributed by atoms with van der Waals surface area (Å²) < 4.78 is 20.1. The molecule has 1 aliphatic carbocycles. The fourth-order valence-electron chi connectivity index (χ4n) is 3.73. The molecular weight excluding hydrogens is 356 g/mol. The first-order valence-electron chi connectivity index (χ1n) is 8.34. The first kappa shape index (κ1) is 20.7. The van der Waals surface area contributed by atoms with Gasteiger partial charge in [-0.3, -0.25) is 14.4 Å². The molecule has 0 amide bonds. The van der Waals surface area contributed by atoms with E-state index in [0.29, 0.717) is 17.1 Å². The summed E-state index contributed by atoms with van der Waals surface area (Å²) in [5, 5.41) is 10.8. The molecule has 2 rings (SSSR count). The number of benzene rings is 1. The molecular formula is C19H24O8. The maximum Gasteiger partial charge on any atom is 0.316 e. The smallest absolute Gasteiger partial charge is 0.316 e. The minimum Gasteiger partial charge on any atom is -0.493 e. The number of rotatable bonds is 5. The van der Waals surface area contributed by atoms with Crippen LogP contribution in [0.25, 0.3) is 0 Å². The summed E-state index contributed by atoms with van der Waals surface area (Å²) in [5.74, 6) is -4.59. The zero-order valence-corrected chi connectivity index (χ0v) is 16.0. The Labute approximate surface area is 157 Å². The summed E-state index contributed by atoms with van der Waals surface area (Å²) >= 11 is 0. The second kappa shape index (κ2) is 7.96. The van der Waals surface area contributed by atoms with Crippen LogP contribution in [0.2, 0.25) is 0 Å². The highest BCUT2D eigenvalue weighted by Crippen LogP contribution is 2.47. The van der Waals surface area contributed by atoms with Gasteiger partial charge >= 0.3 is 11.9 Å². The summed E-state index contributed by atoms with van der Waals surface area (Å²) in [4.78, 5) is 37.5. The van der Waals surface area contributed by atoms with Gasteiger partial charge in [0.25, 0.3) is 0 Å². The van der Waals surface area contributed by atoms with Gasteiger partial charge in [0.15, 0.2) is 17.3 Å². The van der Waals surface area contributed by atoms with Crippen LogP contribution in [0.4, 0.5) is 0 Å². The van der Waals surface area contributed by atoms with Crippen molar-refractivity contribution in [3.8, 4) is 11.5 Å². The zero-order valence-electron chi connectivity index (χ0n) is 16.0. The standard InChI is InChI=1S/C19H24O8/c1-19(23)9-11(20)15(17(21)26-4)14(16(19)18(22)27-5)10-6-7-12(24-2)13(8-10)25-3/h6-8,14-16,23H,9H2,1-5H3/t14-,15+,16-,19-/m0/s1. The Morgan fingerprint density at radius 2 is 1.63 bits per heavy atom. The van der Waals surface area contributed by atoms with Crippen LogP contribution in [0.5, 0.6) is 11.5 Å². The van der Waals surface area contributed by atoms with Crippen LogP contribution in [-0.4, -0.2) is 56.9 Å². The highest BCUT2D eigenvalue weighted by atomic mass is 16.5. The fraction of sp³-hybridized carbons (Fsp3) is 0.526. The first-order chi connectivity index (χ1) is 12.7. The molecule has 148 valence electrons. The molecule has 0 spiro atoms. The number of hydrogen-bond acceptors (Lipinski definition) is 8. The number of hydrogen-bond donors (Lipinski definition) is 1. The van der Waals surface area contributed by atoms with Gasteiger partial charge in [0.1, 0.15) is 5.92 Å². The predicted molar refractivity (Wildman–Crippen MR) is 93.5 cm³/mol. The Balaban J connectivity index is 2.69. The van der Waals surface area contributed by atoms with Gasteiger partial charge in [-0.25, -0.2) is 0 Å². The van der Waals surface area contributed by atoms with E-state index in [-0.39, 0.29) is 6.42 Å². The molecule has 8 nitrogen and oxygen atoms in total. The number of aliphatic hydroxyl groups is 1. The number of ketones is 1. The highest BCUT2D eigenvalue weighted by Gasteiger charge is 2.57. The van der Waals surface area contributed by atoms with Gasteiger partial charge in [-0.1, -0.05) is 6.07 Å². The van der Waals surface area contributed by atoms with Crippen LogP contribution in [0.3, 0.4) is 0 Å². The van der Waals surface area contributed by atoms with Gasteiger partial charge in [0.2, 0.25) is 0 Å². The summed E-state index contributed by atoms with van der Waals surface area (Å²) in [7, 11) is 5.27. The van der Waals surface area contributed by atoms with Crippen molar-refractivity contribution in [3.05, 3.63) is 23.8 Å². The van der Waals surface area contributed by atoms with E-state index >= 15 is 0 Å². The number of esters is 2. The summed E-state index contributed by atoms with van der Waals surface area (Å²) in [6.07, 6.45) is -0.365. The molecule has 0 aromatic heterocycles. The van der Waals surface area contributed by atoms with Crippen molar-refractivity contribution >= 4 is 17.7 Å². The quantitative estimate of drug-likeness (QED) is 0.597. The third-order valence-electron chi connectivity index (χ3n) is 4.97. The average molecular weight is 380 g/mol. The second-order valence-corrected chi connectivity index (χ2v) is 6.64. The Bertz CT molecular complexity index is 739. The second-order valence-electron chi connectivity index (χ2n) is 6.64. The maximum absolute atomic E-state index is 12.7. The fourth-order valence-corrected chi connectivity index (χ4v) is 3.73. The first-order valence-corrected chi connectivity index (χ1v) is 8.34. The van der Waals surface area contributed by atoms with Crippen molar-refractivity contribution < 1.29 is 38.4 Å². The van der Waals surface area contributed by atoms with Gasteiger partial charge in [0.05, 0.1) is 40.0 Å². The lowest BCUT2D eigenvalue weighted by Crippen LogP contribution is -2.55. The van der Waals surface area contributed by atoms with Gasteiger partial charge in [-0.2, -0.15) is 0 Å². The Morgan fingerprint density at radius 3 is 2.15 bits per heavy atom. The largest absolute Gasteiger partial charge is 0.493 e. The number of ether oxygens (including phenoxy) is 4. The van der Waals surface area contributed by atoms with Crippen molar-refractivity contribution in [2.45, 2.75) is 24.9 Å². The molecule has 1 aromatic carbocycles. The summed E-state index contributed by atoms with van der Waals surface area (Å²) in [6, 6.07) is 4.79. The Hall–Kier alpha value is -2.61. The molecule has 0 saturated heterocycles. The van der Waals surface area contributed by atoms with Gasteiger partial charge < -0.3 is 24.1 Å². The van der Waals surface area contributed by atoms with Crippen LogP contribution >= 0.6 is 0 Å². The molecule has 4 atom stereocenters. The molecule has 1 saturated carbocycles. The van der Waals surface area contributed by atoms with E-state index in [1.54, 1.807) is 18.2 Å². The molecule has 1 N–H and O–H groups in total. The molecule has 0 heterocycles. The van der Waals surface area contributed by atoms with Gasteiger partial charge in [-0.15, -0.1) is 0 Å². The molecule has 8 heteroatoms. The van der Waals surface area contributed by atoms with E-state index in [0.717, 1.165) is 0 Å². The SMILES string of the molecule is COC(=O)[C@@H]1C(=O)C[C@](C)(O)[C@H](C(=O)OC)[C@H]1c1ccc(OC)c(OC)c1. The number of methoxy groups -OCH3 is 4. The van der Waals surface area contributed by atoms with E-state index in [1.807, 2.05) is 0 Å². The minimum absolute atomic E-state index is 0.361. The average Bonchev–Trinajstić information content (AvgIpc) is 2.64. The van der Waals surface area contributed by atoms with Crippen molar-refractivity contribution in [3.63, 3.8) is 0 Å². The van der Waals surface area contributed by atoms with Crippen LogP contribution in [0.1, 0.15) is 24.8 Å². The van der Waals surface area contributed by atoms with E-state index in [9.17, 15) is 19.5 Å². The van der Waals surface area contributed by atoms with Crippen molar-refractivity contribution in [2.75, 3.05) is 28.4 Å². The Kier molecular flexibility index (Phi) is 6.10.